The Morgan fingerprint density at radius 1 is 0.600 bits per heavy atom. The monoisotopic (exact) mass is 604 g/mol. The van der Waals surface area contributed by atoms with Crippen molar-refractivity contribution >= 4 is 22.8 Å². The first kappa shape index (κ1) is 28.9. The molecule has 7 rings (SSSR count). The van der Waals surface area contributed by atoms with Gasteiger partial charge in [0.2, 0.25) is 0 Å². The first-order valence-electron chi connectivity index (χ1n) is 15.6. The lowest BCUT2D eigenvalue weighted by atomic mass is 9.92. The van der Waals surface area contributed by atoms with Crippen molar-refractivity contribution in [3.63, 3.8) is 0 Å². The average Bonchev–Trinajstić information content (AvgIpc) is 3.71. The molecule has 222 valence electrons. The van der Waals surface area contributed by atoms with E-state index in [9.17, 15) is 0 Å². The molecule has 5 heteroatoms. The number of rotatable bonds is 8. The molecule has 0 N–H and O–H groups in total. The number of fused-ring (bicyclic) bond motifs is 1. The molecule has 2 heterocycles. The fourth-order valence-corrected chi connectivity index (χ4v) is 7.02. The second kappa shape index (κ2) is 12.3. The average molecular weight is 605 g/mol. The van der Waals surface area contributed by atoms with E-state index in [2.05, 4.69) is 152 Å². The zero-order valence-electron chi connectivity index (χ0n) is 26.1. The molecule has 0 aliphatic heterocycles. The van der Waals surface area contributed by atoms with E-state index in [1.807, 2.05) is 18.3 Å². The summed E-state index contributed by atoms with van der Waals surface area (Å²) in [5.74, 6) is 2.69. The highest BCUT2D eigenvalue weighted by Crippen LogP contribution is 2.37. The normalized spacial score (nSPS) is 11.6. The van der Waals surface area contributed by atoms with Crippen LogP contribution >= 0.6 is 11.8 Å². The van der Waals surface area contributed by atoms with Gasteiger partial charge in [0.15, 0.2) is 0 Å². The Labute approximate surface area is 269 Å². The number of nitrogens with zero attached hydrogens (tertiary/aromatic N) is 4. The molecule has 0 radical (unpaired) electrons. The van der Waals surface area contributed by atoms with Crippen molar-refractivity contribution in [1.82, 2.24) is 19.1 Å². The van der Waals surface area contributed by atoms with Crippen molar-refractivity contribution in [2.75, 3.05) is 0 Å². The number of aromatic nitrogens is 4. The van der Waals surface area contributed by atoms with Gasteiger partial charge in [-0.3, -0.25) is 9.13 Å². The smallest absolute Gasteiger partial charge is 0.145 e. The predicted octanol–water partition coefficient (Wildman–Crippen LogP) is 10.9. The maximum absolute atomic E-state index is 5.08. The number of benzene rings is 5. The lowest BCUT2D eigenvalue weighted by molar-refractivity contribution is 0.806. The molecular weight excluding hydrogens is 569 g/mol. The minimum atomic E-state index is 0.401. The number of hydrogen-bond donors (Lipinski definition) is 0. The maximum Gasteiger partial charge on any atom is 0.145 e. The van der Waals surface area contributed by atoms with Crippen LogP contribution < -0.4 is 0 Å². The minimum Gasteiger partial charge on any atom is -0.299 e. The lowest BCUT2D eigenvalue weighted by Gasteiger charge is -2.22. The quantitative estimate of drug-likeness (QED) is 0.173. The minimum absolute atomic E-state index is 0.401. The molecule has 5 aromatic carbocycles. The van der Waals surface area contributed by atoms with Gasteiger partial charge in [-0.1, -0.05) is 112 Å². The van der Waals surface area contributed by atoms with Gasteiger partial charge >= 0.3 is 0 Å². The van der Waals surface area contributed by atoms with Gasteiger partial charge in [0.05, 0.1) is 16.7 Å². The number of para-hydroxylation sites is 4. The van der Waals surface area contributed by atoms with Crippen LogP contribution in [0.3, 0.4) is 0 Å². The highest BCUT2D eigenvalue weighted by atomic mass is 32.2. The van der Waals surface area contributed by atoms with Crippen LogP contribution in [-0.4, -0.2) is 19.1 Å². The molecule has 0 saturated carbocycles. The maximum atomic E-state index is 5.08. The van der Waals surface area contributed by atoms with E-state index in [1.54, 1.807) is 11.8 Å². The van der Waals surface area contributed by atoms with E-state index < -0.39 is 0 Å². The summed E-state index contributed by atoms with van der Waals surface area (Å²) >= 11 is 1.76. The van der Waals surface area contributed by atoms with Crippen LogP contribution in [0.2, 0.25) is 0 Å². The second-order valence-electron chi connectivity index (χ2n) is 12.0. The topological polar surface area (TPSA) is 35.6 Å². The molecule has 7 aromatic rings. The zero-order valence-corrected chi connectivity index (χ0v) is 26.9. The van der Waals surface area contributed by atoms with Crippen LogP contribution in [0, 0.1) is 0 Å². The van der Waals surface area contributed by atoms with Gasteiger partial charge in [-0.15, -0.1) is 0 Å². The van der Waals surface area contributed by atoms with E-state index >= 15 is 0 Å². The summed E-state index contributed by atoms with van der Waals surface area (Å²) in [5, 5.41) is 0. The molecule has 0 spiro atoms. The van der Waals surface area contributed by atoms with E-state index in [0.29, 0.717) is 11.8 Å². The van der Waals surface area contributed by atoms with Crippen LogP contribution in [0.1, 0.15) is 50.7 Å². The highest BCUT2D eigenvalue weighted by molar-refractivity contribution is 7.99. The Kier molecular flexibility index (Phi) is 7.86. The fourth-order valence-electron chi connectivity index (χ4n) is 6.08. The Hall–Kier alpha value is -4.87. The van der Waals surface area contributed by atoms with Gasteiger partial charge in [0.25, 0.3) is 0 Å². The van der Waals surface area contributed by atoms with Gasteiger partial charge in [-0.05, 0) is 71.5 Å². The molecule has 45 heavy (non-hydrogen) atoms. The van der Waals surface area contributed by atoms with Crippen molar-refractivity contribution in [2.24, 2.45) is 0 Å². The molecular formula is C40H36N4S. The van der Waals surface area contributed by atoms with Gasteiger partial charge in [0.1, 0.15) is 11.6 Å². The van der Waals surface area contributed by atoms with Gasteiger partial charge in [-0.25, -0.2) is 9.97 Å². The Morgan fingerprint density at radius 3 is 1.87 bits per heavy atom. The van der Waals surface area contributed by atoms with Crippen molar-refractivity contribution in [1.29, 1.82) is 0 Å². The largest absolute Gasteiger partial charge is 0.299 e. The third-order valence-corrected chi connectivity index (χ3v) is 9.20. The lowest BCUT2D eigenvalue weighted by Crippen LogP contribution is -2.07. The van der Waals surface area contributed by atoms with Crippen LogP contribution in [0.15, 0.2) is 144 Å². The van der Waals surface area contributed by atoms with Gasteiger partial charge < -0.3 is 0 Å². The van der Waals surface area contributed by atoms with Crippen molar-refractivity contribution < 1.29 is 0 Å². The third-order valence-electron chi connectivity index (χ3n) is 8.22. The van der Waals surface area contributed by atoms with Crippen LogP contribution in [0.4, 0.5) is 0 Å². The van der Waals surface area contributed by atoms with Crippen LogP contribution in [0.25, 0.3) is 45.2 Å². The summed E-state index contributed by atoms with van der Waals surface area (Å²) in [7, 11) is 0. The molecule has 4 nitrogen and oxygen atoms in total. The van der Waals surface area contributed by atoms with E-state index in [4.69, 9.17) is 9.97 Å². The standard InChI is InChI=1S/C40H36N4S/c1-27(2)34-19-12-20-35(28(3)4)38(34)43-24-23-41-39(43)29-13-10-17-32(25-29)45-33-18-11-14-30(26-33)40-42-36-21-8-9-22-37(36)44(40)31-15-6-5-7-16-31/h5-28H,1-4H3. The summed E-state index contributed by atoms with van der Waals surface area (Å²) in [6.45, 7) is 9.05. The van der Waals surface area contributed by atoms with Crippen LogP contribution in [-0.2, 0) is 0 Å². The van der Waals surface area contributed by atoms with E-state index in [0.717, 1.165) is 49.3 Å². The zero-order chi connectivity index (χ0) is 30.9. The Balaban J connectivity index is 1.25. The van der Waals surface area contributed by atoms with Crippen molar-refractivity contribution in [3.05, 3.63) is 145 Å². The molecule has 0 saturated heterocycles. The van der Waals surface area contributed by atoms with Crippen LogP contribution in [0.5, 0.6) is 0 Å². The third kappa shape index (κ3) is 5.60. The van der Waals surface area contributed by atoms with Crippen molar-refractivity contribution in [3.8, 4) is 34.2 Å². The predicted molar refractivity (Wildman–Crippen MR) is 188 cm³/mol. The molecule has 0 unspecified atom stereocenters. The summed E-state index contributed by atoms with van der Waals surface area (Å²) < 4.78 is 4.53. The SMILES string of the molecule is CC(C)c1cccc(C(C)C)c1-n1ccnc1-c1cccc(Sc2cccc(-c3nc4ccccc4n3-c3ccccc3)c2)c1. The molecule has 0 atom stereocenters. The molecule has 0 aliphatic carbocycles. The number of imidazole rings is 2. The number of hydrogen-bond acceptors (Lipinski definition) is 3. The molecule has 2 aromatic heterocycles. The Morgan fingerprint density at radius 2 is 1.20 bits per heavy atom. The Bertz CT molecular complexity index is 2080. The first-order valence-corrected chi connectivity index (χ1v) is 16.4. The summed E-state index contributed by atoms with van der Waals surface area (Å²) in [4.78, 5) is 12.3. The summed E-state index contributed by atoms with van der Waals surface area (Å²) in [6, 6.07) is 42.9. The molecule has 0 amide bonds. The van der Waals surface area contributed by atoms with E-state index in [1.165, 1.54) is 16.8 Å². The van der Waals surface area contributed by atoms with Gasteiger partial charge in [-0.2, -0.15) is 0 Å². The fraction of sp³-hybridized carbons (Fsp3) is 0.150. The first-order chi connectivity index (χ1) is 22.0. The molecule has 0 fully saturated rings. The highest BCUT2D eigenvalue weighted by Gasteiger charge is 2.19. The molecule has 0 bridgehead atoms. The van der Waals surface area contributed by atoms with Gasteiger partial charge in [0, 0.05) is 39.0 Å². The summed E-state index contributed by atoms with van der Waals surface area (Å²) in [5.41, 5.74) is 9.29. The van der Waals surface area contributed by atoms with Crippen molar-refractivity contribution in [2.45, 2.75) is 49.3 Å². The molecule has 0 aliphatic rings. The second-order valence-corrected chi connectivity index (χ2v) is 13.1. The summed E-state index contributed by atoms with van der Waals surface area (Å²) in [6.07, 6.45) is 4.02. The van der Waals surface area contributed by atoms with E-state index in [-0.39, 0.29) is 0 Å².